The van der Waals surface area contributed by atoms with Crippen LogP contribution < -0.4 is 16.0 Å². The van der Waals surface area contributed by atoms with Gasteiger partial charge in [-0.15, -0.1) is 11.3 Å². The molecule has 0 saturated carbocycles. The van der Waals surface area contributed by atoms with Gasteiger partial charge in [-0.05, 0) is 17.9 Å². The predicted octanol–water partition coefficient (Wildman–Crippen LogP) is 1.19. The highest BCUT2D eigenvalue weighted by Gasteiger charge is 2.05. The number of nitrogens with one attached hydrogen (secondary N) is 3. The summed E-state index contributed by atoms with van der Waals surface area (Å²) in [5, 5.41) is 9.92. The molecule has 0 radical (unpaired) electrons. The monoisotopic (exact) mass is 255 g/mol. The fourth-order valence-electron chi connectivity index (χ4n) is 1.15. The van der Waals surface area contributed by atoms with Crippen molar-refractivity contribution in [2.75, 3.05) is 19.6 Å². The van der Waals surface area contributed by atoms with Crippen molar-refractivity contribution in [2.24, 2.45) is 0 Å². The maximum Gasteiger partial charge on any atom is 0.314 e. The lowest BCUT2D eigenvalue weighted by atomic mass is 10.4. The van der Waals surface area contributed by atoms with Crippen LogP contribution in [0.25, 0.3) is 0 Å². The molecule has 1 aromatic rings. The number of hydrogen-bond donors (Lipinski definition) is 3. The van der Waals surface area contributed by atoms with Crippen LogP contribution in [0, 0.1) is 0 Å². The first-order valence-electron chi connectivity index (χ1n) is 5.57. The quantitative estimate of drug-likeness (QED) is 0.668. The lowest BCUT2D eigenvalue weighted by Gasteiger charge is -2.07. The third-order valence-electron chi connectivity index (χ3n) is 1.98. The minimum Gasteiger partial charge on any atom is -0.350 e. The largest absolute Gasteiger partial charge is 0.350 e. The molecule has 17 heavy (non-hydrogen) atoms. The zero-order valence-corrected chi connectivity index (χ0v) is 10.6. The Kier molecular flexibility index (Phi) is 6.09. The van der Waals surface area contributed by atoms with Gasteiger partial charge in [0.15, 0.2) is 0 Å². The molecule has 0 spiro atoms. The second-order valence-electron chi connectivity index (χ2n) is 3.42. The average molecular weight is 255 g/mol. The van der Waals surface area contributed by atoms with Crippen LogP contribution in [0.15, 0.2) is 17.5 Å². The van der Waals surface area contributed by atoms with Gasteiger partial charge in [0, 0.05) is 19.6 Å². The van der Waals surface area contributed by atoms with Crippen molar-refractivity contribution in [1.82, 2.24) is 16.0 Å². The molecule has 0 aliphatic carbocycles. The van der Waals surface area contributed by atoms with Gasteiger partial charge in [-0.2, -0.15) is 0 Å². The topological polar surface area (TPSA) is 70.2 Å². The van der Waals surface area contributed by atoms with Crippen LogP contribution in [0.2, 0.25) is 0 Å². The first kappa shape index (κ1) is 13.5. The molecule has 3 amide bonds. The van der Waals surface area contributed by atoms with Crippen LogP contribution in [-0.4, -0.2) is 31.6 Å². The zero-order valence-electron chi connectivity index (χ0n) is 9.79. The maximum absolute atomic E-state index is 11.5. The van der Waals surface area contributed by atoms with Crippen LogP contribution >= 0.6 is 11.3 Å². The molecule has 0 aromatic carbocycles. The minimum atomic E-state index is -0.197. The summed E-state index contributed by atoms with van der Waals surface area (Å²) in [7, 11) is 0. The Balaban J connectivity index is 2.08. The summed E-state index contributed by atoms with van der Waals surface area (Å²) in [6.07, 6.45) is 0.905. The Morgan fingerprint density at radius 3 is 2.53 bits per heavy atom. The number of hydrogen-bond acceptors (Lipinski definition) is 3. The Hall–Kier alpha value is -1.56. The standard InChI is InChI=1S/C11H17N3O2S/c1-2-5-13-11(16)14-7-6-12-10(15)9-4-3-8-17-9/h3-4,8H,2,5-7H2,1H3,(H,12,15)(H2,13,14,16). The first-order valence-corrected chi connectivity index (χ1v) is 6.45. The van der Waals surface area contributed by atoms with Crippen molar-refractivity contribution in [3.8, 4) is 0 Å². The van der Waals surface area contributed by atoms with Crippen molar-refractivity contribution in [2.45, 2.75) is 13.3 Å². The van der Waals surface area contributed by atoms with Gasteiger partial charge >= 0.3 is 6.03 Å². The van der Waals surface area contributed by atoms with Gasteiger partial charge in [-0.1, -0.05) is 13.0 Å². The molecule has 0 bridgehead atoms. The van der Waals surface area contributed by atoms with Crippen LogP contribution in [0.1, 0.15) is 23.0 Å². The summed E-state index contributed by atoms with van der Waals surface area (Å²) < 4.78 is 0. The maximum atomic E-state index is 11.5. The molecule has 6 heteroatoms. The molecule has 0 aliphatic heterocycles. The van der Waals surface area contributed by atoms with Crippen LogP contribution in [-0.2, 0) is 0 Å². The van der Waals surface area contributed by atoms with Crippen molar-refractivity contribution >= 4 is 23.3 Å². The highest BCUT2D eigenvalue weighted by atomic mass is 32.1. The lowest BCUT2D eigenvalue weighted by molar-refractivity contribution is 0.0958. The summed E-state index contributed by atoms with van der Waals surface area (Å²) in [6, 6.07) is 3.40. The van der Waals surface area contributed by atoms with E-state index >= 15 is 0 Å². The SMILES string of the molecule is CCCNC(=O)NCCNC(=O)c1cccs1. The molecule has 0 unspecified atom stereocenters. The van der Waals surface area contributed by atoms with Gasteiger partial charge < -0.3 is 16.0 Å². The zero-order chi connectivity index (χ0) is 12.5. The Morgan fingerprint density at radius 2 is 1.88 bits per heavy atom. The van der Waals surface area contributed by atoms with E-state index in [0.29, 0.717) is 24.5 Å². The van der Waals surface area contributed by atoms with Gasteiger partial charge in [0.1, 0.15) is 0 Å². The van der Waals surface area contributed by atoms with Gasteiger partial charge in [-0.25, -0.2) is 4.79 Å². The Labute approximate surface area is 105 Å². The molecule has 0 aliphatic rings. The highest BCUT2D eigenvalue weighted by molar-refractivity contribution is 7.12. The first-order chi connectivity index (χ1) is 8.24. The molecule has 0 fully saturated rings. The molecule has 94 valence electrons. The van der Waals surface area contributed by atoms with E-state index in [0.717, 1.165) is 6.42 Å². The van der Waals surface area contributed by atoms with E-state index in [1.54, 1.807) is 6.07 Å². The second kappa shape index (κ2) is 7.67. The van der Waals surface area contributed by atoms with Crippen LogP contribution in [0.4, 0.5) is 4.79 Å². The normalized spacial score (nSPS) is 9.71. The van der Waals surface area contributed by atoms with Crippen LogP contribution in [0.3, 0.4) is 0 Å². The molecule has 0 atom stereocenters. The van der Waals surface area contributed by atoms with E-state index < -0.39 is 0 Å². The van der Waals surface area contributed by atoms with Crippen molar-refractivity contribution in [1.29, 1.82) is 0 Å². The summed E-state index contributed by atoms with van der Waals surface area (Å²) in [5.74, 6) is -0.101. The molecule has 1 rings (SSSR count). The van der Waals surface area contributed by atoms with Gasteiger partial charge in [0.2, 0.25) is 0 Å². The number of thiophene rings is 1. The van der Waals surface area contributed by atoms with Crippen molar-refractivity contribution in [3.63, 3.8) is 0 Å². The number of amides is 3. The van der Waals surface area contributed by atoms with E-state index in [2.05, 4.69) is 16.0 Å². The molecular weight excluding hydrogens is 238 g/mol. The molecule has 1 aromatic heterocycles. The van der Waals surface area contributed by atoms with E-state index in [4.69, 9.17) is 0 Å². The fourth-order valence-corrected chi connectivity index (χ4v) is 1.79. The molecule has 5 nitrogen and oxygen atoms in total. The number of urea groups is 1. The van der Waals surface area contributed by atoms with Crippen LogP contribution in [0.5, 0.6) is 0 Å². The van der Waals surface area contributed by atoms with Gasteiger partial charge in [0.05, 0.1) is 4.88 Å². The molecular formula is C11H17N3O2S. The third kappa shape index (κ3) is 5.35. The van der Waals surface area contributed by atoms with E-state index in [1.165, 1.54) is 11.3 Å². The Morgan fingerprint density at radius 1 is 1.18 bits per heavy atom. The number of carbonyl (C=O) groups is 2. The predicted molar refractivity (Wildman–Crippen MR) is 68.3 cm³/mol. The van der Waals surface area contributed by atoms with E-state index in [1.807, 2.05) is 18.4 Å². The van der Waals surface area contributed by atoms with E-state index in [-0.39, 0.29) is 11.9 Å². The van der Waals surface area contributed by atoms with Crippen molar-refractivity contribution < 1.29 is 9.59 Å². The van der Waals surface area contributed by atoms with Gasteiger partial charge in [-0.3, -0.25) is 4.79 Å². The summed E-state index contributed by atoms with van der Waals surface area (Å²) >= 11 is 1.39. The smallest absolute Gasteiger partial charge is 0.314 e. The summed E-state index contributed by atoms with van der Waals surface area (Å²) in [4.78, 5) is 23.3. The average Bonchev–Trinajstić information content (AvgIpc) is 2.85. The summed E-state index contributed by atoms with van der Waals surface area (Å²) in [6.45, 7) is 3.50. The highest BCUT2D eigenvalue weighted by Crippen LogP contribution is 2.07. The lowest BCUT2D eigenvalue weighted by Crippen LogP contribution is -2.40. The fraction of sp³-hybridized carbons (Fsp3) is 0.455. The molecule has 3 N–H and O–H groups in total. The molecule has 0 saturated heterocycles. The molecule has 1 heterocycles. The third-order valence-corrected chi connectivity index (χ3v) is 2.85. The van der Waals surface area contributed by atoms with Gasteiger partial charge in [0.25, 0.3) is 5.91 Å². The number of rotatable bonds is 6. The minimum absolute atomic E-state index is 0.101. The Bertz CT molecular complexity index is 352. The van der Waals surface area contributed by atoms with E-state index in [9.17, 15) is 9.59 Å². The van der Waals surface area contributed by atoms with Crippen molar-refractivity contribution in [3.05, 3.63) is 22.4 Å². The summed E-state index contributed by atoms with van der Waals surface area (Å²) in [5.41, 5.74) is 0. The number of carbonyl (C=O) groups excluding carboxylic acids is 2. The second-order valence-corrected chi connectivity index (χ2v) is 4.36.